The number of hydrogen-bond acceptors (Lipinski definition) is 8. The van der Waals surface area contributed by atoms with E-state index in [0.717, 1.165) is 28.8 Å². The van der Waals surface area contributed by atoms with Crippen LogP contribution in [0.4, 0.5) is 36.7 Å². The summed E-state index contributed by atoms with van der Waals surface area (Å²) < 4.78 is 43.7. The number of nitriles is 1. The summed E-state index contributed by atoms with van der Waals surface area (Å²) in [6, 6.07) is 6.42. The molecule has 4 aromatic rings. The van der Waals surface area contributed by atoms with Crippen molar-refractivity contribution < 1.29 is 13.2 Å². The first-order chi connectivity index (χ1) is 16.2. The van der Waals surface area contributed by atoms with Gasteiger partial charge in [-0.25, -0.2) is 22.7 Å². The number of anilines is 4. The first kappa shape index (κ1) is 22.8. The fourth-order valence-electron chi connectivity index (χ4n) is 3.46. The zero-order valence-electron chi connectivity index (χ0n) is 17.4. The van der Waals surface area contributed by atoms with Crippen LogP contribution in [0.5, 0.6) is 0 Å². The number of nitrogens with zero attached hydrogens (tertiary/aromatic N) is 6. The third kappa shape index (κ3) is 3.71. The van der Waals surface area contributed by atoms with Gasteiger partial charge < -0.3 is 11.5 Å². The van der Waals surface area contributed by atoms with Crippen LogP contribution in [-0.4, -0.2) is 26.1 Å². The van der Waals surface area contributed by atoms with Crippen molar-refractivity contribution in [3.8, 4) is 11.8 Å². The molecule has 34 heavy (non-hydrogen) atoms. The Balaban J connectivity index is 2.19. The van der Waals surface area contributed by atoms with Crippen LogP contribution in [0.25, 0.3) is 16.6 Å². The predicted octanol–water partition coefficient (Wildman–Crippen LogP) is 3.44. The van der Waals surface area contributed by atoms with Gasteiger partial charge in [-0.3, -0.25) is 9.69 Å². The summed E-state index contributed by atoms with van der Waals surface area (Å²) >= 11 is 6.15. The summed E-state index contributed by atoms with van der Waals surface area (Å²) in [5.41, 5.74) is 9.74. The van der Waals surface area contributed by atoms with E-state index < -0.39 is 28.5 Å². The minimum absolute atomic E-state index is 0.00248. The molecule has 0 radical (unpaired) electrons. The number of benzene rings is 2. The van der Waals surface area contributed by atoms with E-state index in [2.05, 4.69) is 15.0 Å². The molecule has 2 aromatic heterocycles. The zero-order valence-corrected chi connectivity index (χ0v) is 18.1. The van der Waals surface area contributed by atoms with Crippen LogP contribution in [0.1, 0.15) is 12.5 Å². The zero-order chi connectivity index (χ0) is 24.7. The monoisotopic (exact) mass is 486 g/mol. The highest BCUT2D eigenvalue weighted by Crippen LogP contribution is 2.32. The predicted molar refractivity (Wildman–Crippen MR) is 120 cm³/mol. The van der Waals surface area contributed by atoms with Gasteiger partial charge >= 0.3 is 0 Å². The first-order valence-electron chi connectivity index (χ1n) is 9.64. The van der Waals surface area contributed by atoms with E-state index in [-0.39, 0.29) is 51.7 Å². The maximum atomic E-state index is 14.7. The molecule has 0 aliphatic heterocycles. The molecule has 13 heteroatoms. The molecule has 4 N–H and O–H groups in total. The second-order valence-corrected chi connectivity index (χ2v) is 7.36. The molecule has 0 atom stereocenters. The van der Waals surface area contributed by atoms with Crippen molar-refractivity contribution >= 4 is 46.0 Å². The van der Waals surface area contributed by atoms with Crippen LogP contribution >= 0.6 is 11.6 Å². The molecule has 2 heterocycles. The van der Waals surface area contributed by atoms with E-state index in [1.165, 1.54) is 4.90 Å². The second kappa shape index (κ2) is 8.53. The van der Waals surface area contributed by atoms with Crippen molar-refractivity contribution in [2.45, 2.75) is 6.92 Å². The normalized spacial score (nSPS) is 10.9. The van der Waals surface area contributed by atoms with Gasteiger partial charge in [-0.1, -0.05) is 11.6 Å². The summed E-state index contributed by atoms with van der Waals surface area (Å²) in [5.74, 6) is -3.82. The number of hydrogen-bond donors (Lipinski definition) is 2. The van der Waals surface area contributed by atoms with Crippen molar-refractivity contribution in [2.24, 2.45) is 0 Å². The first-order valence-corrected chi connectivity index (χ1v) is 10.0. The molecule has 0 fully saturated rings. The van der Waals surface area contributed by atoms with E-state index in [0.29, 0.717) is 6.07 Å². The Morgan fingerprint density at radius 1 is 1.12 bits per heavy atom. The summed E-state index contributed by atoms with van der Waals surface area (Å²) in [6.07, 6.45) is 0. The number of fused-ring (bicyclic) bond motifs is 1. The Morgan fingerprint density at radius 3 is 2.41 bits per heavy atom. The van der Waals surface area contributed by atoms with Gasteiger partial charge in [-0.05, 0) is 31.2 Å². The van der Waals surface area contributed by atoms with Gasteiger partial charge in [0.2, 0.25) is 11.9 Å². The highest BCUT2D eigenvalue weighted by atomic mass is 35.5. The lowest BCUT2D eigenvalue weighted by Gasteiger charge is -2.26. The smallest absolute Gasteiger partial charge is 0.269 e. The third-order valence-corrected chi connectivity index (χ3v) is 5.19. The Hall–Kier alpha value is -4.37. The van der Waals surface area contributed by atoms with Crippen LogP contribution in [0.15, 0.2) is 35.1 Å². The van der Waals surface area contributed by atoms with Gasteiger partial charge in [0.1, 0.15) is 40.4 Å². The molecular formula is C21H14ClF3N8O. The average molecular weight is 487 g/mol. The maximum Gasteiger partial charge on any atom is 0.269 e. The van der Waals surface area contributed by atoms with Gasteiger partial charge in [-0.2, -0.15) is 15.2 Å². The van der Waals surface area contributed by atoms with Crippen molar-refractivity contribution in [3.63, 3.8) is 0 Å². The summed E-state index contributed by atoms with van der Waals surface area (Å²) in [4.78, 5) is 26.8. The van der Waals surface area contributed by atoms with Crippen LogP contribution in [0.2, 0.25) is 5.02 Å². The van der Waals surface area contributed by atoms with Gasteiger partial charge in [0.15, 0.2) is 5.82 Å². The van der Waals surface area contributed by atoms with E-state index >= 15 is 0 Å². The molecule has 0 spiro atoms. The lowest BCUT2D eigenvalue weighted by atomic mass is 10.2. The molecule has 2 aromatic carbocycles. The van der Waals surface area contributed by atoms with E-state index in [1.807, 2.05) is 6.07 Å². The van der Waals surface area contributed by atoms with Crippen molar-refractivity contribution in [3.05, 3.63) is 68.7 Å². The van der Waals surface area contributed by atoms with Gasteiger partial charge in [0, 0.05) is 12.6 Å². The number of aromatic nitrogens is 4. The van der Waals surface area contributed by atoms with Gasteiger partial charge in [0.25, 0.3) is 5.56 Å². The topological polar surface area (TPSA) is 140 Å². The van der Waals surface area contributed by atoms with Crippen molar-refractivity contribution in [2.75, 3.05) is 22.9 Å². The lowest BCUT2D eigenvalue weighted by molar-refractivity contribution is 0.581. The molecule has 9 nitrogen and oxygen atoms in total. The largest absolute Gasteiger partial charge is 0.382 e. The minimum Gasteiger partial charge on any atom is -0.382 e. The number of rotatable bonds is 4. The Kier molecular flexibility index (Phi) is 5.72. The lowest BCUT2D eigenvalue weighted by Crippen LogP contribution is -2.31. The van der Waals surface area contributed by atoms with Crippen molar-refractivity contribution in [1.82, 2.24) is 19.5 Å². The Morgan fingerprint density at radius 2 is 1.79 bits per heavy atom. The van der Waals surface area contributed by atoms with E-state index in [1.54, 1.807) is 6.92 Å². The van der Waals surface area contributed by atoms with Gasteiger partial charge in [-0.15, -0.1) is 0 Å². The summed E-state index contributed by atoms with van der Waals surface area (Å²) in [6.45, 7) is 1.61. The standard InChI is InChI=1S/C21H14ClF3N8O/c1-2-32(18-12(8-26)17(27)30-20(28)31-18)21-29-16-14(25)4-3-13(22)15(16)19(34)33(21)11-6-9(23)5-10(24)7-11/h3-7H,2H2,1H3,(H4,27,28,30,31). The molecule has 172 valence electrons. The number of nitrogens with two attached hydrogens (primary N) is 2. The molecule has 4 rings (SSSR count). The van der Waals surface area contributed by atoms with E-state index in [4.69, 9.17) is 23.1 Å². The Bertz CT molecular complexity index is 1550. The minimum atomic E-state index is -0.977. The number of nitrogen functional groups attached to an aromatic ring is 2. The molecule has 0 bridgehead atoms. The SMILES string of the molecule is CCN(c1nc(N)nc(N)c1C#N)c1nc2c(F)ccc(Cl)c2c(=O)n1-c1cc(F)cc(F)c1. The quantitative estimate of drug-likeness (QED) is 0.447. The Labute approximate surface area is 194 Å². The van der Waals surface area contributed by atoms with Crippen LogP contribution in [0.3, 0.4) is 0 Å². The molecule has 0 aliphatic carbocycles. The molecule has 0 amide bonds. The van der Waals surface area contributed by atoms with Crippen LogP contribution in [-0.2, 0) is 0 Å². The van der Waals surface area contributed by atoms with Crippen LogP contribution in [0, 0.1) is 28.8 Å². The highest BCUT2D eigenvalue weighted by Gasteiger charge is 2.26. The highest BCUT2D eigenvalue weighted by molar-refractivity contribution is 6.35. The van der Waals surface area contributed by atoms with Crippen molar-refractivity contribution in [1.29, 1.82) is 5.26 Å². The molecule has 0 saturated heterocycles. The summed E-state index contributed by atoms with van der Waals surface area (Å²) in [5, 5.41) is 9.17. The average Bonchev–Trinajstić information content (AvgIpc) is 2.76. The molecule has 0 saturated carbocycles. The molecule has 0 aliphatic rings. The van der Waals surface area contributed by atoms with Gasteiger partial charge in [0.05, 0.1) is 16.1 Å². The molecular weight excluding hydrogens is 473 g/mol. The second-order valence-electron chi connectivity index (χ2n) is 6.95. The molecule has 0 unspecified atom stereocenters. The third-order valence-electron chi connectivity index (χ3n) is 4.87. The maximum absolute atomic E-state index is 14.7. The fourth-order valence-corrected chi connectivity index (χ4v) is 3.69. The summed E-state index contributed by atoms with van der Waals surface area (Å²) in [7, 11) is 0. The fraction of sp³-hybridized carbons (Fsp3) is 0.0952. The van der Waals surface area contributed by atoms with E-state index in [9.17, 15) is 23.2 Å². The van der Waals surface area contributed by atoms with Crippen LogP contribution < -0.4 is 21.9 Å². The number of halogens is 4.